The molecule has 1 saturated carbocycles. The second-order valence-corrected chi connectivity index (χ2v) is 4.74. The SMILES string of the molecule is CC(C)C(CN)C(O)CC1CCC1. The lowest BCUT2D eigenvalue weighted by molar-refractivity contribution is 0.0495. The molecule has 2 heteroatoms. The molecule has 0 spiro atoms. The Morgan fingerprint density at radius 3 is 2.31 bits per heavy atom. The van der Waals surface area contributed by atoms with Gasteiger partial charge in [0.25, 0.3) is 0 Å². The van der Waals surface area contributed by atoms with Gasteiger partial charge in [-0.25, -0.2) is 0 Å². The van der Waals surface area contributed by atoms with E-state index in [1.165, 1.54) is 19.3 Å². The minimum Gasteiger partial charge on any atom is -0.393 e. The van der Waals surface area contributed by atoms with Crippen LogP contribution in [-0.4, -0.2) is 17.8 Å². The van der Waals surface area contributed by atoms with E-state index in [1.54, 1.807) is 0 Å². The highest BCUT2D eigenvalue weighted by Gasteiger charge is 2.26. The number of nitrogens with two attached hydrogens (primary N) is 1. The van der Waals surface area contributed by atoms with Crippen LogP contribution in [0, 0.1) is 17.8 Å². The molecule has 1 aliphatic carbocycles. The molecule has 2 nitrogen and oxygen atoms in total. The average molecular weight is 185 g/mol. The first-order chi connectivity index (χ1) is 6.15. The van der Waals surface area contributed by atoms with Gasteiger partial charge >= 0.3 is 0 Å². The summed E-state index contributed by atoms with van der Waals surface area (Å²) in [5.74, 6) is 1.57. The van der Waals surface area contributed by atoms with Crippen molar-refractivity contribution in [2.75, 3.05) is 6.54 Å². The monoisotopic (exact) mass is 185 g/mol. The van der Waals surface area contributed by atoms with Gasteiger partial charge in [0.15, 0.2) is 0 Å². The highest BCUT2D eigenvalue weighted by Crippen LogP contribution is 2.32. The second-order valence-electron chi connectivity index (χ2n) is 4.74. The number of hydrogen-bond donors (Lipinski definition) is 2. The van der Waals surface area contributed by atoms with Gasteiger partial charge in [-0.1, -0.05) is 33.1 Å². The van der Waals surface area contributed by atoms with Crippen molar-refractivity contribution in [3.8, 4) is 0 Å². The molecule has 3 N–H and O–H groups in total. The van der Waals surface area contributed by atoms with Crippen molar-refractivity contribution in [2.24, 2.45) is 23.5 Å². The lowest BCUT2D eigenvalue weighted by Crippen LogP contribution is -2.34. The number of rotatable bonds is 5. The van der Waals surface area contributed by atoms with Crippen LogP contribution in [0.4, 0.5) is 0 Å². The van der Waals surface area contributed by atoms with Gasteiger partial charge in [0.05, 0.1) is 6.10 Å². The fraction of sp³-hybridized carbons (Fsp3) is 1.00. The summed E-state index contributed by atoms with van der Waals surface area (Å²) in [7, 11) is 0. The molecular weight excluding hydrogens is 162 g/mol. The van der Waals surface area contributed by atoms with E-state index in [0.29, 0.717) is 18.4 Å². The van der Waals surface area contributed by atoms with Crippen molar-refractivity contribution < 1.29 is 5.11 Å². The van der Waals surface area contributed by atoms with Gasteiger partial charge in [-0.15, -0.1) is 0 Å². The Hall–Kier alpha value is -0.0800. The van der Waals surface area contributed by atoms with Crippen molar-refractivity contribution in [2.45, 2.75) is 45.6 Å². The molecular formula is C11H23NO. The predicted molar refractivity (Wildman–Crippen MR) is 55.3 cm³/mol. The van der Waals surface area contributed by atoms with Crippen LogP contribution in [0.15, 0.2) is 0 Å². The maximum atomic E-state index is 9.93. The number of hydrogen-bond acceptors (Lipinski definition) is 2. The maximum absolute atomic E-state index is 9.93. The quantitative estimate of drug-likeness (QED) is 0.685. The molecule has 0 aromatic heterocycles. The summed E-state index contributed by atoms with van der Waals surface area (Å²) in [4.78, 5) is 0. The Bertz CT molecular complexity index is 143. The molecule has 0 amide bonds. The van der Waals surface area contributed by atoms with Crippen LogP contribution >= 0.6 is 0 Å². The van der Waals surface area contributed by atoms with Crippen LogP contribution in [0.3, 0.4) is 0 Å². The molecule has 0 saturated heterocycles. The standard InChI is InChI=1S/C11H23NO/c1-8(2)10(7-12)11(13)6-9-4-3-5-9/h8-11,13H,3-7,12H2,1-2H3. The van der Waals surface area contributed by atoms with E-state index in [1.807, 2.05) is 0 Å². The molecule has 0 aliphatic heterocycles. The van der Waals surface area contributed by atoms with E-state index in [4.69, 9.17) is 5.73 Å². The van der Waals surface area contributed by atoms with Crippen LogP contribution in [0.1, 0.15) is 39.5 Å². The number of aliphatic hydroxyl groups excluding tert-OH is 1. The third-order valence-corrected chi connectivity index (χ3v) is 3.42. The zero-order valence-electron chi connectivity index (χ0n) is 8.87. The minimum absolute atomic E-state index is 0.171. The first-order valence-corrected chi connectivity index (χ1v) is 5.53. The van der Waals surface area contributed by atoms with E-state index in [-0.39, 0.29) is 6.10 Å². The molecule has 0 aromatic carbocycles. The lowest BCUT2D eigenvalue weighted by Gasteiger charge is -2.32. The van der Waals surface area contributed by atoms with Gasteiger partial charge in [-0.05, 0) is 30.7 Å². The Labute approximate surface area is 81.5 Å². The average Bonchev–Trinajstić information content (AvgIpc) is 1.97. The predicted octanol–water partition coefficient (Wildman–Crippen LogP) is 1.77. The summed E-state index contributed by atoms with van der Waals surface area (Å²) in [5.41, 5.74) is 5.65. The normalized spacial score (nSPS) is 22.8. The van der Waals surface area contributed by atoms with E-state index in [2.05, 4.69) is 13.8 Å². The van der Waals surface area contributed by atoms with Crippen molar-refractivity contribution in [3.63, 3.8) is 0 Å². The molecule has 1 fully saturated rings. The smallest absolute Gasteiger partial charge is 0.0585 e. The molecule has 2 unspecified atom stereocenters. The topological polar surface area (TPSA) is 46.2 Å². The zero-order valence-corrected chi connectivity index (χ0v) is 8.87. The Morgan fingerprint density at radius 1 is 1.38 bits per heavy atom. The zero-order chi connectivity index (χ0) is 9.84. The molecule has 1 aliphatic rings. The van der Waals surface area contributed by atoms with Crippen LogP contribution in [-0.2, 0) is 0 Å². The summed E-state index contributed by atoms with van der Waals surface area (Å²) in [5, 5.41) is 9.93. The maximum Gasteiger partial charge on any atom is 0.0585 e. The van der Waals surface area contributed by atoms with Crippen LogP contribution in [0.25, 0.3) is 0 Å². The second kappa shape index (κ2) is 4.97. The van der Waals surface area contributed by atoms with Crippen molar-refractivity contribution in [1.82, 2.24) is 0 Å². The summed E-state index contributed by atoms with van der Waals surface area (Å²) in [6.45, 7) is 4.90. The Kier molecular flexibility index (Phi) is 4.20. The van der Waals surface area contributed by atoms with Crippen LogP contribution in [0.5, 0.6) is 0 Å². The Morgan fingerprint density at radius 2 is 2.00 bits per heavy atom. The highest BCUT2D eigenvalue weighted by molar-refractivity contribution is 4.79. The molecule has 0 aromatic rings. The van der Waals surface area contributed by atoms with E-state index in [0.717, 1.165) is 12.3 Å². The third-order valence-electron chi connectivity index (χ3n) is 3.42. The van der Waals surface area contributed by atoms with Gasteiger partial charge in [0.1, 0.15) is 0 Å². The van der Waals surface area contributed by atoms with Crippen LogP contribution < -0.4 is 5.73 Å². The van der Waals surface area contributed by atoms with Gasteiger partial charge in [0, 0.05) is 0 Å². The molecule has 2 atom stereocenters. The van der Waals surface area contributed by atoms with Crippen LogP contribution in [0.2, 0.25) is 0 Å². The molecule has 0 bridgehead atoms. The van der Waals surface area contributed by atoms with Gasteiger partial charge in [-0.3, -0.25) is 0 Å². The first kappa shape index (κ1) is 11.0. The minimum atomic E-state index is -0.171. The molecule has 78 valence electrons. The lowest BCUT2D eigenvalue weighted by atomic mass is 9.77. The first-order valence-electron chi connectivity index (χ1n) is 5.53. The van der Waals surface area contributed by atoms with E-state index in [9.17, 15) is 5.11 Å². The summed E-state index contributed by atoms with van der Waals surface area (Å²) < 4.78 is 0. The largest absolute Gasteiger partial charge is 0.393 e. The summed E-state index contributed by atoms with van der Waals surface area (Å²) in [6.07, 6.45) is 4.78. The van der Waals surface area contributed by atoms with Crippen molar-refractivity contribution in [3.05, 3.63) is 0 Å². The molecule has 1 rings (SSSR count). The van der Waals surface area contributed by atoms with Gasteiger partial charge < -0.3 is 10.8 Å². The van der Waals surface area contributed by atoms with Gasteiger partial charge in [0.2, 0.25) is 0 Å². The van der Waals surface area contributed by atoms with E-state index >= 15 is 0 Å². The fourth-order valence-corrected chi connectivity index (χ4v) is 2.12. The molecule has 0 radical (unpaired) electrons. The van der Waals surface area contributed by atoms with Crippen molar-refractivity contribution in [1.29, 1.82) is 0 Å². The van der Waals surface area contributed by atoms with E-state index < -0.39 is 0 Å². The third kappa shape index (κ3) is 2.96. The molecule has 0 heterocycles. The summed E-state index contributed by atoms with van der Waals surface area (Å²) in [6, 6.07) is 0. The van der Waals surface area contributed by atoms with Gasteiger partial charge in [-0.2, -0.15) is 0 Å². The summed E-state index contributed by atoms with van der Waals surface area (Å²) >= 11 is 0. The highest BCUT2D eigenvalue weighted by atomic mass is 16.3. The molecule has 13 heavy (non-hydrogen) atoms. The fourth-order valence-electron chi connectivity index (χ4n) is 2.12. The van der Waals surface area contributed by atoms with Crippen molar-refractivity contribution >= 4 is 0 Å². The Balaban J connectivity index is 2.29. The number of aliphatic hydroxyl groups is 1.